The van der Waals surface area contributed by atoms with E-state index in [0.29, 0.717) is 6.07 Å². The molecule has 156 valence electrons. The van der Waals surface area contributed by atoms with E-state index in [2.05, 4.69) is 25.6 Å². The number of benzene rings is 1. The summed E-state index contributed by atoms with van der Waals surface area (Å²) in [6.07, 6.45) is -2.77. The van der Waals surface area contributed by atoms with Gasteiger partial charge in [0.1, 0.15) is 17.6 Å². The maximum absolute atomic E-state index is 14.4. The number of halogens is 5. The lowest BCUT2D eigenvalue weighted by Crippen LogP contribution is -2.40. The van der Waals surface area contributed by atoms with Gasteiger partial charge < -0.3 is 0 Å². The first kappa shape index (κ1) is 20.0. The summed E-state index contributed by atoms with van der Waals surface area (Å²) in [4.78, 5) is 20.6. The van der Waals surface area contributed by atoms with Gasteiger partial charge in [0.2, 0.25) is 0 Å². The second-order valence-corrected chi connectivity index (χ2v) is 6.77. The molecule has 1 unspecified atom stereocenters. The lowest BCUT2D eigenvalue weighted by molar-refractivity contribution is -0.140. The molecule has 0 aliphatic carbocycles. The Morgan fingerprint density at radius 3 is 2.57 bits per heavy atom. The van der Waals surface area contributed by atoms with E-state index >= 15 is 0 Å². The van der Waals surface area contributed by atoms with Gasteiger partial charge in [0.05, 0.1) is 29.2 Å². The number of aromatic nitrogens is 5. The molecule has 0 amide bonds. The Hall–Kier alpha value is -3.28. The molecule has 7 nitrogen and oxygen atoms in total. The van der Waals surface area contributed by atoms with Gasteiger partial charge in [0.15, 0.2) is 11.6 Å². The van der Waals surface area contributed by atoms with E-state index in [9.17, 15) is 26.7 Å². The van der Waals surface area contributed by atoms with E-state index in [1.807, 2.05) is 0 Å². The number of nitrogens with zero attached hydrogens (tertiary/aromatic N) is 5. The lowest BCUT2D eigenvalue weighted by atomic mass is 9.99. The van der Waals surface area contributed by atoms with Gasteiger partial charge in [-0.25, -0.2) is 18.7 Å². The van der Waals surface area contributed by atoms with Crippen LogP contribution >= 0.6 is 0 Å². The predicted octanol–water partition coefficient (Wildman–Crippen LogP) is 2.68. The Kier molecular flexibility index (Phi) is 4.80. The molecule has 4 rings (SSSR count). The zero-order chi connectivity index (χ0) is 21.6. The van der Waals surface area contributed by atoms with Crippen LogP contribution < -0.4 is 5.32 Å². The molecule has 0 saturated heterocycles. The Morgan fingerprint density at radius 2 is 1.90 bits per heavy atom. The third-order valence-corrected chi connectivity index (χ3v) is 4.64. The highest BCUT2D eigenvalue weighted by atomic mass is 19.4. The van der Waals surface area contributed by atoms with Crippen molar-refractivity contribution in [1.82, 2.24) is 30.3 Å². The second kappa shape index (κ2) is 7.20. The molecule has 2 atom stereocenters. The van der Waals surface area contributed by atoms with E-state index in [1.165, 1.54) is 0 Å². The maximum atomic E-state index is 14.4. The van der Waals surface area contributed by atoms with Crippen molar-refractivity contribution in [2.24, 2.45) is 0 Å². The minimum absolute atomic E-state index is 0.175. The number of hydrogen-bond donors (Lipinski definition) is 1. The summed E-state index contributed by atoms with van der Waals surface area (Å²) in [5.41, 5.74) is -1.80. The van der Waals surface area contributed by atoms with Crippen molar-refractivity contribution in [2.75, 3.05) is 0 Å². The quantitative estimate of drug-likeness (QED) is 0.637. The first-order valence-corrected chi connectivity index (χ1v) is 8.75. The molecule has 3 heterocycles. The zero-order valence-electron chi connectivity index (χ0n) is 15.3. The van der Waals surface area contributed by atoms with Crippen LogP contribution in [-0.2, 0) is 12.6 Å². The molecule has 30 heavy (non-hydrogen) atoms. The first-order chi connectivity index (χ1) is 14.2. The fourth-order valence-electron chi connectivity index (χ4n) is 3.30. The molecule has 12 heteroatoms. The minimum atomic E-state index is -4.95. The van der Waals surface area contributed by atoms with Crippen molar-refractivity contribution < 1.29 is 26.7 Å². The van der Waals surface area contributed by atoms with Gasteiger partial charge >= 0.3 is 6.18 Å². The summed E-state index contributed by atoms with van der Waals surface area (Å²) in [7, 11) is 0. The molecule has 3 aromatic rings. The summed E-state index contributed by atoms with van der Waals surface area (Å²) in [6.45, 7) is 1.78. The lowest BCUT2D eigenvalue weighted by Gasteiger charge is -2.27. The Labute approximate surface area is 166 Å². The third kappa shape index (κ3) is 3.43. The average molecular weight is 424 g/mol. The van der Waals surface area contributed by atoms with Crippen LogP contribution in [0.2, 0.25) is 0 Å². The van der Waals surface area contributed by atoms with Crippen molar-refractivity contribution in [3.05, 3.63) is 70.6 Å². The minimum Gasteiger partial charge on any atom is -0.299 e. The molecule has 1 aromatic carbocycles. The molecule has 0 saturated carbocycles. The molecular weight excluding hydrogens is 411 g/mol. The summed E-state index contributed by atoms with van der Waals surface area (Å²) < 4.78 is 67.3. The van der Waals surface area contributed by atoms with Crippen LogP contribution in [-0.4, -0.2) is 36.9 Å². The van der Waals surface area contributed by atoms with Crippen molar-refractivity contribution in [1.29, 1.82) is 0 Å². The highest BCUT2D eigenvalue weighted by molar-refractivity contribution is 5.96. The van der Waals surface area contributed by atoms with E-state index in [-0.39, 0.29) is 29.7 Å². The third-order valence-electron chi connectivity index (χ3n) is 4.64. The molecule has 0 fully saturated rings. The average Bonchev–Trinajstić information content (AvgIpc) is 3.10. The molecule has 1 aliphatic heterocycles. The highest BCUT2D eigenvalue weighted by Gasteiger charge is 2.38. The standard InChI is InChI=1S/C18H13F5N6O/c1-8-5-12-14(15(26-8)16-24-6-9(19)7-25-16)27-28-29(12)17(30)10-3-2-4-11(13(10)20)18(21,22)23/h2-4,6-8,15,26H,5H2,1H3/t8-,15?/m0/s1. The number of alkyl halides is 3. The Bertz CT molecular complexity index is 1110. The van der Waals surface area contributed by atoms with Gasteiger partial charge in [-0.2, -0.15) is 17.9 Å². The van der Waals surface area contributed by atoms with Gasteiger partial charge in [-0.1, -0.05) is 11.3 Å². The molecule has 0 radical (unpaired) electrons. The number of fused-ring (bicyclic) bond motifs is 1. The van der Waals surface area contributed by atoms with E-state index in [0.717, 1.165) is 29.2 Å². The fraction of sp³-hybridized carbons (Fsp3) is 0.278. The van der Waals surface area contributed by atoms with Gasteiger partial charge in [-0.3, -0.25) is 10.1 Å². The topological polar surface area (TPSA) is 85.6 Å². The number of carbonyl (C=O) groups is 1. The molecule has 2 aromatic heterocycles. The molecule has 0 spiro atoms. The van der Waals surface area contributed by atoms with Gasteiger partial charge in [0, 0.05) is 12.5 Å². The zero-order valence-corrected chi connectivity index (χ0v) is 15.3. The van der Waals surface area contributed by atoms with Crippen LogP contribution in [0.5, 0.6) is 0 Å². The van der Waals surface area contributed by atoms with Gasteiger partial charge in [0.25, 0.3) is 5.91 Å². The van der Waals surface area contributed by atoms with Crippen molar-refractivity contribution in [3.8, 4) is 0 Å². The first-order valence-electron chi connectivity index (χ1n) is 8.75. The van der Waals surface area contributed by atoms with Crippen molar-refractivity contribution >= 4 is 5.91 Å². The molecule has 1 N–H and O–H groups in total. The Balaban J connectivity index is 1.76. The largest absolute Gasteiger partial charge is 0.419 e. The number of rotatable bonds is 2. The van der Waals surface area contributed by atoms with Crippen LogP contribution in [0.3, 0.4) is 0 Å². The maximum Gasteiger partial charge on any atom is 0.419 e. The Morgan fingerprint density at radius 1 is 1.20 bits per heavy atom. The highest BCUT2D eigenvalue weighted by Crippen LogP contribution is 2.33. The number of carbonyl (C=O) groups excluding carboxylic acids is 1. The number of nitrogens with one attached hydrogen (secondary N) is 1. The van der Waals surface area contributed by atoms with Crippen LogP contribution in [0.1, 0.15) is 46.1 Å². The summed E-state index contributed by atoms with van der Waals surface area (Å²) in [6, 6.07) is 1.50. The van der Waals surface area contributed by atoms with Crippen LogP contribution in [0.25, 0.3) is 0 Å². The monoisotopic (exact) mass is 424 g/mol. The molecule has 1 aliphatic rings. The summed E-state index contributed by atoms with van der Waals surface area (Å²) in [5.74, 6) is -3.23. The number of hydrogen-bond acceptors (Lipinski definition) is 6. The smallest absolute Gasteiger partial charge is 0.299 e. The predicted molar refractivity (Wildman–Crippen MR) is 91.3 cm³/mol. The van der Waals surface area contributed by atoms with Crippen LogP contribution in [0.4, 0.5) is 22.0 Å². The van der Waals surface area contributed by atoms with E-state index in [4.69, 9.17) is 0 Å². The molecule has 0 bridgehead atoms. The van der Waals surface area contributed by atoms with Crippen molar-refractivity contribution in [2.45, 2.75) is 31.6 Å². The SMILES string of the molecule is C[C@H]1Cc2c(nnn2C(=O)c2cccc(C(F)(F)F)c2F)C(c2ncc(F)cn2)N1. The van der Waals surface area contributed by atoms with E-state index in [1.54, 1.807) is 6.92 Å². The fourth-order valence-corrected chi connectivity index (χ4v) is 3.30. The van der Waals surface area contributed by atoms with Crippen LogP contribution in [0, 0.1) is 11.6 Å². The normalized spacial score (nSPS) is 18.9. The summed E-state index contributed by atoms with van der Waals surface area (Å²) in [5, 5.41) is 10.8. The molecular formula is C18H13F5N6O. The van der Waals surface area contributed by atoms with Gasteiger partial charge in [-0.15, -0.1) is 5.10 Å². The van der Waals surface area contributed by atoms with Crippen molar-refractivity contribution in [3.63, 3.8) is 0 Å². The van der Waals surface area contributed by atoms with Gasteiger partial charge in [-0.05, 0) is 19.1 Å². The second-order valence-electron chi connectivity index (χ2n) is 6.77. The van der Waals surface area contributed by atoms with E-state index < -0.39 is 40.9 Å². The van der Waals surface area contributed by atoms with Crippen LogP contribution in [0.15, 0.2) is 30.6 Å². The summed E-state index contributed by atoms with van der Waals surface area (Å²) >= 11 is 0.